The van der Waals surface area contributed by atoms with Gasteiger partial charge in [-0.2, -0.15) is 0 Å². The number of halogens is 1. The molecule has 7 heteroatoms. The van der Waals surface area contributed by atoms with E-state index in [1.54, 1.807) is 0 Å². The highest BCUT2D eigenvalue weighted by atomic mass is 35.7. The zero-order chi connectivity index (χ0) is 14.4. The second kappa shape index (κ2) is 6.58. The summed E-state index contributed by atoms with van der Waals surface area (Å²) in [6.45, 7) is 0.663. The van der Waals surface area contributed by atoms with Crippen molar-refractivity contribution in [1.29, 1.82) is 0 Å². The van der Waals surface area contributed by atoms with Crippen LogP contribution in [-0.4, -0.2) is 26.6 Å². The first-order valence-electron chi connectivity index (χ1n) is 5.77. The Balaban J connectivity index is 1.80. The highest BCUT2D eigenvalue weighted by molar-refractivity contribution is 8.13. The zero-order valence-electron chi connectivity index (χ0n) is 10.4. The predicted molar refractivity (Wildman–Crippen MR) is 74.7 cm³/mol. The number of hydrogen-bond donors (Lipinski definition) is 0. The standard InChI is InChI=1S/C13H12ClNO4S/c14-20(16,17)12-6-7-13(15-10-12)19-9-8-18-11-4-2-1-3-5-11/h1-7,10H,8-9H2. The van der Waals surface area contributed by atoms with Crippen LogP contribution < -0.4 is 9.47 Å². The highest BCUT2D eigenvalue weighted by Crippen LogP contribution is 2.16. The molecule has 0 saturated heterocycles. The van der Waals surface area contributed by atoms with Crippen molar-refractivity contribution >= 4 is 19.7 Å². The van der Waals surface area contributed by atoms with E-state index >= 15 is 0 Å². The molecule has 2 aromatic rings. The Bertz CT molecular complexity index is 644. The highest BCUT2D eigenvalue weighted by Gasteiger charge is 2.10. The number of aromatic nitrogens is 1. The number of nitrogens with zero attached hydrogens (tertiary/aromatic N) is 1. The fraction of sp³-hybridized carbons (Fsp3) is 0.154. The molecule has 0 aliphatic carbocycles. The third kappa shape index (κ3) is 4.40. The first-order valence-corrected chi connectivity index (χ1v) is 8.08. The summed E-state index contributed by atoms with van der Waals surface area (Å²) in [7, 11) is 1.43. The van der Waals surface area contributed by atoms with Gasteiger partial charge in [0.05, 0.1) is 6.20 Å². The summed E-state index contributed by atoms with van der Waals surface area (Å²) in [5, 5.41) is 0. The molecule has 0 aliphatic heterocycles. The van der Waals surface area contributed by atoms with Crippen molar-refractivity contribution < 1.29 is 17.9 Å². The molecule has 0 aliphatic rings. The van der Waals surface area contributed by atoms with Gasteiger partial charge in [-0.1, -0.05) is 18.2 Å². The van der Waals surface area contributed by atoms with Gasteiger partial charge < -0.3 is 9.47 Å². The van der Waals surface area contributed by atoms with Crippen LogP contribution in [0.15, 0.2) is 53.6 Å². The molecule has 0 amide bonds. The number of pyridine rings is 1. The smallest absolute Gasteiger partial charge is 0.262 e. The van der Waals surface area contributed by atoms with Crippen molar-refractivity contribution in [3.8, 4) is 11.6 Å². The zero-order valence-corrected chi connectivity index (χ0v) is 12.0. The molecule has 2 rings (SSSR count). The summed E-state index contributed by atoms with van der Waals surface area (Å²) >= 11 is 0. The maximum Gasteiger partial charge on any atom is 0.262 e. The minimum atomic E-state index is -3.75. The predicted octanol–water partition coefficient (Wildman–Crippen LogP) is 2.47. The quantitative estimate of drug-likeness (QED) is 0.605. The van der Waals surface area contributed by atoms with Crippen molar-refractivity contribution in [1.82, 2.24) is 4.98 Å². The molecule has 0 atom stereocenters. The van der Waals surface area contributed by atoms with Crippen molar-refractivity contribution in [3.05, 3.63) is 48.7 Å². The molecule has 1 aromatic heterocycles. The van der Waals surface area contributed by atoms with Crippen molar-refractivity contribution in [2.45, 2.75) is 4.90 Å². The molecule has 0 saturated carbocycles. The average molecular weight is 314 g/mol. The van der Waals surface area contributed by atoms with Crippen LogP contribution in [0, 0.1) is 0 Å². The Morgan fingerprint density at radius 2 is 1.70 bits per heavy atom. The van der Waals surface area contributed by atoms with Gasteiger partial charge in [0.15, 0.2) is 0 Å². The van der Waals surface area contributed by atoms with E-state index in [0.717, 1.165) is 11.9 Å². The SMILES string of the molecule is O=S(=O)(Cl)c1ccc(OCCOc2ccccc2)nc1. The molecule has 0 fully saturated rings. The third-order valence-corrected chi connectivity index (χ3v) is 3.68. The molecule has 20 heavy (non-hydrogen) atoms. The summed E-state index contributed by atoms with van der Waals surface area (Å²) in [4.78, 5) is 3.79. The van der Waals surface area contributed by atoms with Crippen molar-refractivity contribution in [2.24, 2.45) is 0 Å². The normalized spacial score (nSPS) is 11.1. The van der Waals surface area contributed by atoms with Crippen LogP contribution in [0.4, 0.5) is 0 Å². The molecule has 0 spiro atoms. The minimum absolute atomic E-state index is 0.0629. The number of para-hydroxylation sites is 1. The van der Waals surface area contributed by atoms with Crippen LogP contribution in [0.25, 0.3) is 0 Å². The van der Waals surface area contributed by atoms with E-state index in [1.807, 2.05) is 30.3 Å². The van der Waals surface area contributed by atoms with E-state index < -0.39 is 9.05 Å². The second-order valence-corrected chi connectivity index (χ2v) is 6.35. The minimum Gasteiger partial charge on any atom is -0.490 e. The molecule has 0 radical (unpaired) electrons. The van der Waals surface area contributed by atoms with E-state index in [9.17, 15) is 8.42 Å². The van der Waals surface area contributed by atoms with E-state index in [2.05, 4.69) is 4.98 Å². The van der Waals surface area contributed by atoms with Gasteiger partial charge >= 0.3 is 0 Å². The maximum atomic E-state index is 11.0. The largest absolute Gasteiger partial charge is 0.490 e. The first kappa shape index (κ1) is 14.6. The molecule has 106 valence electrons. The molecule has 5 nitrogen and oxygen atoms in total. The van der Waals surface area contributed by atoms with Crippen molar-refractivity contribution in [3.63, 3.8) is 0 Å². The summed E-state index contributed by atoms with van der Waals surface area (Å²) in [6.07, 6.45) is 1.15. The number of rotatable bonds is 6. The molecular formula is C13H12ClNO4S. The van der Waals surface area contributed by atoms with Crippen LogP contribution in [0.2, 0.25) is 0 Å². The van der Waals surface area contributed by atoms with Crippen LogP contribution >= 0.6 is 10.7 Å². The van der Waals surface area contributed by atoms with Crippen LogP contribution in [0.3, 0.4) is 0 Å². The van der Waals surface area contributed by atoms with Crippen LogP contribution in [0.5, 0.6) is 11.6 Å². The second-order valence-electron chi connectivity index (χ2n) is 3.78. The molecule has 0 bridgehead atoms. The molecule has 0 unspecified atom stereocenters. The summed E-state index contributed by atoms with van der Waals surface area (Å²) in [5.74, 6) is 1.07. The van der Waals surface area contributed by atoms with Gasteiger partial charge in [-0.3, -0.25) is 0 Å². The van der Waals surface area contributed by atoms with Crippen LogP contribution in [0.1, 0.15) is 0 Å². The van der Waals surface area contributed by atoms with Gasteiger partial charge in [0, 0.05) is 16.7 Å². The number of hydrogen-bond acceptors (Lipinski definition) is 5. The Morgan fingerprint density at radius 1 is 1.00 bits per heavy atom. The fourth-order valence-electron chi connectivity index (χ4n) is 1.42. The maximum absolute atomic E-state index is 11.0. The van der Waals surface area contributed by atoms with Gasteiger partial charge in [0.25, 0.3) is 9.05 Å². The van der Waals surface area contributed by atoms with E-state index in [4.69, 9.17) is 20.2 Å². The monoisotopic (exact) mass is 313 g/mol. The Hall–Kier alpha value is -1.79. The summed E-state index contributed by atoms with van der Waals surface area (Å²) < 4.78 is 32.8. The third-order valence-electron chi connectivity index (χ3n) is 2.34. The Labute approximate surface area is 121 Å². The lowest BCUT2D eigenvalue weighted by Gasteiger charge is -2.07. The molecule has 1 aromatic carbocycles. The van der Waals surface area contributed by atoms with Gasteiger partial charge in [-0.15, -0.1) is 0 Å². The van der Waals surface area contributed by atoms with Gasteiger partial charge in [-0.25, -0.2) is 13.4 Å². The number of ether oxygens (including phenoxy) is 2. The average Bonchev–Trinajstić information content (AvgIpc) is 2.44. The molecular weight excluding hydrogens is 302 g/mol. The van der Waals surface area contributed by atoms with Crippen LogP contribution in [-0.2, 0) is 9.05 Å². The summed E-state index contributed by atoms with van der Waals surface area (Å²) in [6, 6.07) is 12.1. The fourth-order valence-corrected chi connectivity index (χ4v) is 2.10. The number of benzene rings is 1. The van der Waals surface area contributed by atoms with Gasteiger partial charge in [0.1, 0.15) is 23.9 Å². The summed E-state index contributed by atoms with van der Waals surface area (Å²) in [5.41, 5.74) is 0. The van der Waals surface area contributed by atoms with Gasteiger partial charge in [0.2, 0.25) is 5.88 Å². The first-order chi connectivity index (χ1) is 9.55. The lowest BCUT2D eigenvalue weighted by molar-refractivity contribution is 0.212. The van der Waals surface area contributed by atoms with Crippen molar-refractivity contribution in [2.75, 3.05) is 13.2 Å². The Morgan fingerprint density at radius 3 is 2.30 bits per heavy atom. The topological polar surface area (TPSA) is 65.5 Å². The Kier molecular flexibility index (Phi) is 4.81. The lowest BCUT2D eigenvalue weighted by Crippen LogP contribution is -2.09. The molecule has 1 heterocycles. The van der Waals surface area contributed by atoms with Gasteiger partial charge in [-0.05, 0) is 18.2 Å². The molecule has 0 N–H and O–H groups in total. The lowest BCUT2D eigenvalue weighted by atomic mass is 10.3. The van der Waals surface area contributed by atoms with E-state index in [0.29, 0.717) is 19.1 Å². The van der Waals surface area contributed by atoms with E-state index in [-0.39, 0.29) is 4.90 Å². The van der Waals surface area contributed by atoms with E-state index in [1.165, 1.54) is 12.1 Å².